The topological polar surface area (TPSA) is 41.1 Å². The highest BCUT2D eigenvalue weighted by Crippen LogP contribution is 2.07. The zero-order chi connectivity index (χ0) is 7.40. The van der Waals surface area contributed by atoms with Crippen LogP contribution >= 0.6 is 12.4 Å². The lowest BCUT2D eigenvalue weighted by Crippen LogP contribution is -2.29. The first kappa shape index (κ1) is 10.7. The molecule has 0 saturated carbocycles. The van der Waals surface area contributed by atoms with Crippen molar-refractivity contribution in [2.24, 2.45) is 0 Å². The van der Waals surface area contributed by atoms with E-state index in [0.717, 1.165) is 13.0 Å². The molecule has 0 spiro atoms. The van der Waals surface area contributed by atoms with Crippen molar-refractivity contribution < 1.29 is 4.79 Å². The van der Waals surface area contributed by atoms with Crippen LogP contribution in [0.25, 0.3) is 0 Å². The Morgan fingerprint density at radius 1 is 1.73 bits per heavy atom. The number of nitrogens with one attached hydrogen (secondary N) is 2. The average molecular weight is 179 g/mol. The molecule has 0 aromatic heterocycles. The lowest BCUT2D eigenvalue weighted by molar-refractivity contribution is -0.121. The second kappa shape index (κ2) is 5.38. The molecule has 1 saturated heterocycles. The van der Waals surface area contributed by atoms with E-state index in [0.29, 0.717) is 12.5 Å². The van der Waals surface area contributed by atoms with Gasteiger partial charge < -0.3 is 10.6 Å². The van der Waals surface area contributed by atoms with Gasteiger partial charge in [-0.3, -0.25) is 4.79 Å². The largest absolute Gasteiger partial charge is 0.359 e. The summed E-state index contributed by atoms with van der Waals surface area (Å²) in [5, 5.41) is 5.87. The van der Waals surface area contributed by atoms with Crippen LogP contribution in [-0.2, 0) is 4.79 Å². The SMILES string of the molecule is CNC(=O)C[C@H]1CCCN1.Cl. The Bertz CT molecular complexity index is 124. The molecular weight excluding hydrogens is 164 g/mol. The van der Waals surface area contributed by atoms with E-state index in [2.05, 4.69) is 10.6 Å². The quantitative estimate of drug-likeness (QED) is 0.639. The van der Waals surface area contributed by atoms with Crippen LogP contribution in [0.5, 0.6) is 0 Å². The van der Waals surface area contributed by atoms with Gasteiger partial charge in [0.25, 0.3) is 0 Å². The minimum atomic E-state index is 0. The molecule has 3 nitrogen and oxygen atoms in total. The Morgan fingerprint density at radius 3 is 2.91 bits per heavy atom. The van der Waals surface area contributed by atoms with E-state index in [-0.39, 0.29) is 18.3 Å². The van der Waals surface area contributed by atoms with Gasteiger partial charge in [-0.15, -0.1) is 12.4 Å². The summed E-state index contributed by atoms with van der Waals surface area (Å²) in [6.07, 6.45) is 2.99. The van der Waals surface area contributed by atoms with Crippen molar-refractivity contribution in [1.82, 2.24) is 10.6 Å². The average Bonchev–Trinajstić information content (AvgIpc) is 2.40. The van der Waals surface area contributed by atoms with Crippen LogP contribution in [-0.4, -0.2) is 25.5 Å². The molecule has 1 atom stereocenters. The van der Waals surface area contributed by atoms with Gasteiger partial charge in [0.2, 0.25) is 5.91 Å². The lowest BCUT2D eigenvalue weighted by Gasteiger charge is -2.07. The number of hydrogen-bond acceptors (Lipinski definition) is 2. The van der Waals surface area contributed by atoms with E-state index in [1.165, 1.54) is 6.42 Å². The molecule has 0 aromatic carbocycles. The Balaban J connectivity index is 0.000001000. The van der Waals surface area contributed by atoms with Crippen molar-refractivity contribution >= 4 is 18.3 Å². The van der Waals surface area contributed by atoms with Crippen LogP contribution in [0.3, 0.4) is 0 Å². The molecule has 4 heteroatoms. The zero-order valence-corrected chi connectivity index (χ0v) is 7.54. The highest BCUT2D eigenvalue weighted by molar-refractivity contribution is 5.85. The predicted octanol–water partition coefficient (Wildman–Crippen LogP) is 0.296. The van der Waals surface area contributed by atoms with Gasteiger partial charge >= 0.3 is 0 Å². The molecule has 1 aliphatic heterocycles. The van der Waals surface area contributed by atoms with Gasteiger partial charge in [0.05, 0.1) is 0 Å². The molecule has 1 amide bonds. The zero-order valence-electron chi connectivity index (χ0n) is 6.72. The van der Waals surface area contributed by atoms with Crippen LogP contribution in [0.2, 0.25) is 0 Å². The molecular formula is C7H15ClN2O. The van der Waals surface area contributed by atoms with Crippen molar-refractivity contribution in [3.8, 4) is 0 Å². The van der Waals surface area contributed by atoms with Crippen LogP contribution in [0.4, 0.5) is 0 Å². The molecule has 0 radical (unpaired) electrons. The summed E-state index contributed by atoms with van der Waals surface area (Å²) in [6, 6.07) is 0.431. The minimum absolute atomic E-state index is 0. The Kier molecular flexibility index (Phi) is 5.24. The molecule has 0 aromatic rings. The van der Waals surface area contributed by atoms with E-state index in [1.807, 2.05) is 0 Å². The normalized spacial score (nSPS) is 22.5. The number of hydrogen-bond donors (Lipinski definition) is 2. The number of amides is 1. The van der Waals surface area contributed by atoms with Gasteiger partial charge in [-0.1, -0.05) is 0 Å². The van der Waals surface area contributed by atoms with Crippen LogP contribution in [0.15, 0.2) is 0 Å². The molecule has 1 rings (SSSR count). The van der Waals surface area contributed by atoms with E-state index in [4.69, 9.17) is 0 Å². The summed E-state index contributed by atoms with van der Waals surface area (Å²) in [4.78, 5) is 10.8. The van der Waals surface area contributed by atoms with Crippen molar-refractivity contribution in [2.45, 2.75) is 25.3 Å². The molecule has 1 fully saturated rings. The number of carbonyl (C=O) groups is 1. The molecule has 0 unspecified atom stereocenters. The maximum Gasteiger partial charge on any atom is 0.221 e. The smallest absolute Gasteiger partial charge is 0.221 e. The fraction of sp³-hybridized carbons (Fsp3) is 0.857. The van der Waals surface area contributed by atoms with Crippen molar-refractivity contribution in [1.29, 1.82) is 0 Å². The van der Waals surface area contributed by atoms with Crippen molar-refractivity contribution in [2.75, 3.05) is 13.6 Å². The summed E-state index contributed by atoms with van der Waals surface area (Å²) in [6.45, 7) is 1.07. The van der Waals surface area contributed by atoms with Gasteiger partial charge in [-0.25, -0.2) is 0 Å². The number of rotatable bonds is 2. The first-order chi connectivity index (χ1) is 4.83. The Labute approximate surface area is 73.3 Å². The van der Waals surface area contributed by atoms with Gasteiger partial charge in [0.15, 0.2) is 0 Å². The molecule has 1 heterocycles. The maximum absolute atomic E-state index is 10.8. The Hall–Kier alpha value is -0.280. The van der Waals surface area contributed by atoms with E-state index in [1.54, 1.807) is 7.05 Å². The molecule has 1 aliphatic rings. The maximum atomic E-state index is 10.8. The summed E-state index contributed by atoms with van der Waals surface area (Å²) < 4.78 is 0. The second-order valence-electron chi connectivity index (χ2n) is 2.67. The number of halogens is 1. The third kappa shape index (κ3) is 3.58. The third-order valence-electron chi connectivity index (χ3n) is 1.87. The van der Waals surface area contributed by atoms with Gasteiger partial charge in [-0.2, -0.15) is 0 Å². The summed E-state index contributed by atoms with van der Waals surface area (Å²) in [7, 11) is 1.68. The summed E-state index contributed by atoms with van der Waals surface area (Å²) in [5.41, 5.74) is 0. The van der Waals surface area contributed by atoms with E-state index < -0.39 is 0 Å². The molecule has 2 N–H and O–H groups in total. The van der Waals surface area contributed by atoms with E-state index in [9.17, 15) is 4.79 Å². The third-order valence-corrected chi connectivity index (χ3v) is 1.87. The monoisotopic (exact) mass is 178 g/mol. The molecule has 66 valence electrons. The summed E-state index contributed by atoms with van der Waals surface area (Å²) >= 11 is 0. The first-order valence-corrected chi connectivity index (χ1v) is 3.77. The van der Waals surface area contributed by atoms with Crippen LogP contribution < -0.4 is 10.6 Å². The first-order valence-electron chi connectivity index (χ1n) is 3.77. The fourth-order valence-electron chi connectivity index (χ4n) is 1.26. The van der Waals surface area contributed by atoms with Crippen molar-refractivity contribution in [3.63, 3.8) is 0 Å². The highest BCUT2D eigenvalue weighted by Gasteiger charge is 2.16. The van der Waals surface area contributed by atoms with Gasteiger partial charge in [0.1, 0.15) is 0 Å². The molecule has 0 bridgehead atoms. The fourth-order valence-corrected chi connectivity index (χ4v) is 1.26. The minimum Gasteiger partial charge on any atom is -0.359 e. The van der Waals surface area contributed by atoms with Gasteiger partial charge in [-0.05, 0) is 19.4 Å². The summed E-state index contributed by atoms with van der Waals surface area (Å²) in [5.74, 6) is 0.138. The van der Waals surface area contributed by atoms with Crippen molar-refractivity contribution in [3.05, 3.63) is 0 Å². The standard InChI is InChI=1S/C7H14N2O.ClH/c1-8-7(10)5-6-3-2-4-9-6;/h6,9H,2-5H2,1H3,(H,8,10);1H/t6-;/m1./s1. The van der Waals surface area contributed by atoms with E-state index >= 15 is 0 Å². The predicted molar refractivity (Wildman–Crippen MR) is 47.0 cm³/mol. The number of carbonyl (C=O) groups excluding carboxylic acids is 1. The second-order valence-corrected chi connectivity index (χ2v) is 2.67. The Morgan fingerprint density at radius 2 is 2.45 bits per heavy atom. The van der Waals surface area contributed by atoms with Gasteiger partial charge in [0, 0.05) is 19.5 Å². The lowest BCUT2D eigenvalue weighted by atomic mass is 10.1. The molecule has 0 aliphatic carbocycles. The highest BCUT2D eigenvalue weighted by atomic mass is 35.5. The van der Waals surface area contributed by atoms with Crippen LogP contribution in [0, 0.1) is 0 Å². The molecule has 11 heavy (non-hydrogen) atoms. The van der Waals surface area contributed by atoms with Crippen LogP contribution in [0.1, 0.15) is 19.3 Å².